The highest BCUT2D eigenvalue weighted by atomic mass is 35.5. The summed E-state index contributed by atoms with van der Waals surface area (Å²) in [6.45, 7) is 0. The van der Waals surface area contributed by atoms with Gasteiger partial charge in [0.2, 0.25) is 0 Å². The Hall–Kier alpha value is -2.14. The molecule has 2 heterocycles. The van der Waals surface area contributed by atoms with Crippen LogP contribution < -0.4 is 5.73 Å². The highest BCUT2D eigenvalue weighted by Crippen LogP contribution is 2.21. The Bertz CT molecular complexity index is 691. The van der Waals surface area contributed by atoms with E-state index in [0.717, 1.165) is 11.1 Å². The molecule has 84 valence electrons. The van der Waals surface area contributed by atoms with E-state index in [9.17, 15) is 0 Å². The zero-order valence-corrected chi connectivity index (χ0v) is 9.46. The number of hydrogen-bond donors (Lipinski definition) is 1. The van der Waals surface area contributed by atoms with Crippen molar-refractivity contribution in [3.8, 4) is 5.69 Å². The number of nitrogens with zero attached hydrogens (tertiary/aromatic N) is 4. The molecule has 0 radical (unpaired) electrons. The molecule has 0 saturated heterocycles. The number of anilines is 1. The predicted molar refractivity (Wildman–Crippen MR) is 66.1 cm³/mol. The second kappa shape index (κ2) is 3.71. The Morgan fingerprint density at radius 2 is 2.12 bits per heavy atom. The fraction of sp³-hybridized carbons (Fsp3) is 0. The minimum Gasteiger partial charge on any atom is -0.383 e. The number of fused-ring (bicyclic) bond motifs is 1. The molecule has 17 heavy (non-hydrogen) atoms. The number of benzene rings is 1. The SMILES string of the molecule is Nc1ncnc2c1cnn2-c1cccc(Cl)c1. The van der Waals surface area contributed by atoms with Crippen molar-refractivity contribution in [3.05, 3.63) is 41.8 Å². The van der Waals surface area contributed by atoms with E-state index < -0.39 is 0 Å². The quantitative estimate of drug-likeness (QED) is 0.712. The maximum atomic E-state index is 5.95. The minimum absolute atomic E-state index is 0.420. The number of aromatic nitrogens is 4. The molecule has 0 aliphatic heterocycles. The summed E-state index contributed by atoms with van der Waals surface area (Å²) in [5.41, 5.74) is 7.25. The smallest absolute Gasteiger partial charge is 0.168 e. The van der Waals surface area contributed by atoms with Crippen molar-refractivity contribution < 1.29 is 0 Å². The molecule has 6 heteroatoms. The molecule has 3 aromatic rings. The summed E-state index contributed by atoms with van der Waals surface area (Å²) in [5.74, 6) is 0.420. The van der Waals surface area contributed by atoms with Crippen molar-refractivity contribution in [1.29, 1.82) is 0 Å². The minimum atomic E-state index is 0.420. The van der Waals surface area contributed by atoms with E-state index in [-0.39, 0.29) is 0 Å². The van der Waals surface area contributed by atoms with E-state index in [1.807, 2.05) is 18.2 Å². The van der Waals surface area contributed by atoms with Crippen LogP contribution >= 0.6 is 11.6 Å². The lowest BCUT2D eigenvalue weighted by Crippen LogP contribution is -1.98. The number of nitrogen functional groups attached to an aromatic ring is 1. The van der Waals surface area contributed by atoms with Gasteiger partial charge in [-0.05, 0) is 18.2 Å². The van der Waals surface area contributed by atoms with E-state index in [4.69, 9.17) is 17.3 Å². The summed E-state index contributed by atoms with van der Waals surface area (Å²) < 4.78 is 1.68. The van der Waals surface area contributed by atoms with Crippen LogP contribution in [0, 0.1) is 0 Å². The Labute approximate surface area is 102 Å². The third-order valence-corrected chi connectivity index (χ3v) is 2.68. The zero-order valence-electron chi connectivity index (χ0n) is 8.71. The maximum absolute atomic E-state index is 5.95. The van der Waals surface area contributed by atoms with Crippen LogP contribution in [0.4, 0.5) is 5.82 Å². The summed E-state index contributed by atoms with van der Waals surface area (Å²) in [7, 11) is 0. The van der Waals surface area contributed by atoms with Gasteiger partial charge in [0.05, 0.1) is 17.3 Å². The van der Waals surface area contributed by atoms with Gasteiger partial charge in [0.25, 0.3) is 0 Å². The first kappa shape index (κ1) is 10.0. The molecule has 2 aromatic heterocycles. The lowest BCUT2D eigenvalue weighted by Gasteiger charge is -2.02. The Morgan fingerprint density at radius 3 is 2.94 bits per heavy atom. The van der Waals surface area contributed by atoms with Crippen LogP contribution in [0.1, 0.15) is 0 Å². The molecule has 5 nitrogen and oxygen atoms in total. The molecule has 0 amide bonds. The van der Waals surface area contributed by atoms with Gasteiger partial charge in [-0.2, -0.15) is 5.10 Å². The van der Waals surface area contributed by atoms with E-state index in [1.54, 1.807) is 16.9 Å². The van der Waals surface area contributed by atoms with Crippen molar-refractivity contribution in [1.82, 2.24) is 19.7 Å². The molecule has 3 rings (SSSR count). The number of hydrogen-bond acceptors (Lipinski definition) is 4. The zero-order chi connectivity index (χ0) is 11.8. The van der Waals surface area contributed by atoms with Crippen molar-refractivity contribution in [3.63, 3.8) is 0 Å². The third-order valence-electron chi connectivity index (χ3n) is 2.45. The topological polar surface area (TPSA) is 69.6 Å². The Morgan fingerprint density at radius 1 is 1.24 bits per heavy atom. The fourth-order valence-corrected chi connectivity index (χ4v) is 1.84. The molecule has 1 aromatic carbocycles. The van der Waals surface area contributed by atoms with Crippen LogP contribution in [0.5, 0.6) is 0 Å². The number of nitrogens with two attached hydrogens (primary N) is 1. The average Bonchev–Trinajstić information content (AvgIpc) is 2.74. The van der Waals surface area contributed by atoms with Gasteiger partial charge >= 0.3 is 0 Å². The standard InChI is InChI=1S/C11H8ClN5/c12-7-2-1-3-8(4-7)17-11-9(5-16-17)10(13)14-6-15-11/h1-6H,(H2,13,14,15). The lowest BCUT2D eigenvalue weighted by atomic mass is 10.3. The van der Waals surface area contributed by atoms with Gasteiger partial charge in [-0.1, -0.05) is 17.7 Å². The molecule has 0 spiro atoms. The van der Waals surface area contributed by atoms with E-state index in [2.05, 4.69) is 15.1 Å². The van der Waals surface area contributed by atoms with E-state index in [1.165, 1.54) is 6.33 Å². The average molecular weight is 246 g/mol. The van der Waals surface area contributed by atoms with Gasteiger partial charge in [0.1, 0.15) is 12.1 Å². The van der Waals surface area contributed by atoms with Gasteiger partial charge in [0.15, 0.2) is 5.65 Å². The first-order chi connectivity index (χ1) is 8.25. The van der Waals surface area contributed by atoms with Gasteiger partial charge in [-0.3, -0.25) is 0 Å². The Kier molecular flexibility index (Phi) is 2.19. The summed E-state index contributed by atoms with van der Waals surface area (Å²) in [6, 6.07) is 7.37. The van der Waals surface area contributed by atoms with Crippen LogP contribution in [-0.4, -0.2) is 19.7 Å². The fourth-order valence-electron chi connectivity index (χ4n) is 1.66. The van der Waals surface area contributed by atoms with Gasteiger partial charge in [0, 0.05) is 5.02 Å². The molecule has 0 bridgehead atoms. The first-order valence-electron chi connectivity index (χ1n) is 4.96. The summed E-state index contributed by atoms with van der Waals surface area (Å²) >= 11 is 5.95. The maximum Gasteiger partial charge on any atom is 0.168 e. The van der Waals surface area contributed by atoms with E-state index >= 15 is 0 Å². The van der Waals surface area contributed by atoms with Gasteiger partial charge < -0.3 is 5.73 Å². The van der Waals surface area contributed by atoms with Crippen molar-refractivity contribution >= 4 is 28.5 Å². The predicted octanol–water partition coefficient (Wildman–Crippen LogP) is 2.05. The lowest BCUT2D eigenvalue weighted by molar-refractivity contribution is 0.895. The first-order valence-corrected chi connectivity index (χ1v) is 5.33. The molecule has 0 unspecified atom stereocenters. The molecule has 0 aliphatic carbocycles. The van der Waals surface area contributed by atoms with Crippen molar-refractivity contribution in [2.75, 3.05) is 5.73 Å². The molecule has 0 saturated carbocycles. The second-order valence-electron chi connectivity index (χ2n) is 3.53. The molecule has 0 aliphatic rings. The monoisotopic (exact) mass is 245 g/mol. The van der Waals surface area contributed by atoms with E-state index in [0.29, 0.717) is 16.5 Å². The van der Waals surface area contributed by atoms with Crippen LogP contribution in [0.3, 0.4) is 0 Å². The van der Waals surface area contributed by atoms with Crippen LogP contribution in [-0.2, 0) is 0 Å². The molecular formula is C11H8ClN5. The van der Waals surface area contributed by atoms with Gasteiger partial charge in [-0.15, -0.1) is 0 Å². The highest BCUT2D eigenvalue weighted by molar-refractivity contribution is 6.30. The largest absolute Gasteiger partial charge is 0.383 e. The third kappa shape index (κ3) is 1.60. The highest BCUT2D eigenvalue weighted by Gasteiger charge is 2.08. The molecule has 0 atom stereocenters. The molecular weight excluding hydrogens is 238 g/mol. The van der Waals surface area contributed by atoms with Crippen molar-refractivity contribution in [2.45, 2.75) is 0 Å². The van der Waals surface area contributed by atoms with Gasteiger partial charge in [-0.25, -0.2) is 14.6 Å². The second-order valence-corrected chi connectivity index (χ2v) is 3.97. The number of halogens is 1. The van der Waals surface area contributed by atoms with Crippen LogP contribution in [0.25, 0.3) is 16.7 Å². The van der Waals surface area contributed by atoms with Crippen molar-refractivity contribution in [2.24, 2.45) is 0 Å². The normalized spacial score (nSPS) is 10.9. The summed E-state index contributed by atoms with van der Waals surface area (Å²) in [5, 5.41) is 5.62. The summed E-state index contributed by atoms with van der Waals surface area (Å²) in [4.78, 5) is 8.09. The number of rotatable bonds is 1. The molecule has 2 N–H and O–H groups in total. The molecule has 0 fully saturated rings. The van der Waals surface area contributed by atoms with Crippen LogP contribution in [0.2, 0.25) is 5.02 Å². The van der Waals surface area contributed by atoms with Crippen LogP contribution in [0.15, 0.2) is 36.8 Å². The Balaban J connectivity index is 2.28. The summed E-state index contributed by atoms with van der Waals surface area (Å²) in [6.07, 6.45) is 3.06.